The van der Waals surface area contributed by atoms with E-state index in [1.165, 1.54) is 4.88 Å². The molecule has 2 nitrogen and oxygen atoms in total. The third-order valence-corrected chi connectivity index (χ3v) is 5.93. The number of thiophene rings is 1. The van der Waals surface area contributed by atoms with Crippen molar-refractivity contribution in [2.45, 2.75) is 13.3 Å². The number of thiazole rings is 2. The smallest absolute Gasteiger partial charge is 0.0993 e. The number of hydrogen-bond donors (Lipinski definition) is 0. The van der Waals surface area contributed by atoms with Crippen LogP contribution >= 0.6 is 49.9 Å². The predicted octanol–water partition coefficient (Wildman–Crippen LogP) is 4.99. The highest BCUT2D eigenvalue weighted by Gasteiger charge is 2.10. The highest BCUT2D eigenvalue weighted by molar-refractivity contribution is 9.10. The minimum absolute atomic E-state index is 0.831. The summed E-state index contributed by atoms with van der Waals surface area (Å²) in [6, 6.07) is 2.06. The molecule has 0 amide bonds. The van der Waals surface area contributed by atoms with E-state index in [2.05, 4.69) is 48.1 Å². The number of rotatable bonds is 3. The third kappa shape index (κ3) is 2.56. The van der Waals surface area contributed by atoms with Crippen LogP contribution in [0.25, 0.3) is 10.6 Å². The van der Waals surface area contributed by atoms with Crippen LogP contribution in [0.15, 0.2) is 26.7 Å². The monoisotopic (exact) mass is 356 g/mol. The summed E-state index contributed by atoms with van der Waals surface area (Å²) < 4.78 is 1.12. The van der Waals surface area contributed by atoms with Crippen LogP contribution in [0.5, 0.6) is 0 Å². The lowest BCUT2D eigenvalue weighted by Gasteiger charge is -1.92. The van der Waals surface area contributed by atoms with E-state index < -0.39 is 0 Å². The number of aromatic nitrogens is 2. The van der Waals surface area contributed by atoms with Gasteiger partial charge in [0.05, 0.1) is 26.3 Å². The zero-order chi connectivity index (χ0) is 12.5. The molecule has 92 valence electrons. The van der Waals surface area contributed by atoms with Gasteiger partial charge in [0.15, 0.2) is 0 Å². The second-order valence-electron chi connectivity index (χ2n) is 3.76. The molecule has 18 heavy (non-hydrogen) atoms. The van der Waals surface area contributed by atoms with Crippen LogP contribution in [0.3, 0.4) is 0 Å². The number of halogens is 1. The van der Waals surface area contributed by atoms with Crippen molar-refractivity contribution in [2.24, 2.45) is 0 Å². The maximum Gasteiger partial charge on any atom is 0.0993 e. The van der Waals surface area contributed by atoms with Crippen LogP contribution in [-0.4, -0.2) is 9.97 Å². The first kappa shape index (κ1) is 12.5. The van der Waals surface area contributed by atoms with Crippen molar-refractivity contribution in [3.05, 3.63) is 42.4 Å². The highest BCUT2D eigenvalue weighted by Crippen LogP contribution is 2.34. The molecule has 0 aliphatic rings. The molecule has 3 aromatic heterocycles. The SMILES string of the molecule is Cc1nc(Cc2nc(-c3sccc3Br)cs2)cs1. The van der Waals surface area contributed by atoms with E-state index in [1.807, 2.05) is 6.92 Å². The average Bonchev–Trinajstić information content (AvgIpc) is 3.02. The van der Waals surface area contributed by atoms with E-state index in [-0.39, 0.29) is 0 Å². The molecule has 0 aliphatic carbocycles. The maximum absolute atomic E-state index is 4.68. The Morgan fingerprint density at radius 3 is 2.72 bits per heavy atom. The fourth-order valence-corrected chi connectivity index (χ4v) is 4.64. The van der Waals surface area contributed by atoms with Gasteiger partial charge in [-0.1, -0.05) is 0 Å². The molecule has 0 aromatic carbocycles. The molecule has 0 aliphatic heterocycles. The van der Waals surface area contributed by atoms with E-state index in [9.17, 15) is 0 Å². The van der Waals surface area contributed by atoms with Crippen molar-refractivity contribution in [1.29, 1.82) is 0 Å². The van der Waals surface area contributed by atoms with Crippen molar-refractivity contribution in [3.8, 4) is 10.6 Å². The Balaban J connectivity index is 1.84. The van der Waals surface area contributed by atoms with Crippen molar-refractivity contribution >= 4 is 49.9 Å². The standard InChI is InChI=1S/C12H9BrN2S3/c1-7-14-8(5-17-7)4-11-15-10(6-18-11)12-9(13)2-3-16-12/h2-3,5-6H,4H2,1H3. The molecule has 0 saturated carbocycles. The topological polar surface area (TPSA) is 25.8 Å². The lowest BCUT2D eigenvalue weighted by molar-refractivity contribution is 1.06. The Morgan fingerprint density at radius 1 is 1.17 bits per heavy atom. The van der Waals surface area contributed by atoms with E-state index in [4.69, 9.17) is 0 Å². The summed E-state index contributed by atoms with van der Waals surface area (Å²) in [5.41, 5.74) is 2.17. The molecule has 3 rings (SSSR count). The summed E-state index contributed by atoms with van der Waals surface area (Å²) in [7, 11) is 0. The zero-order valence-corrected chi connectivity index (χ0v) is 13.5. The van der Waals surface area contributed by atoms with E-state index >= 15 is 0 Å². The highest BCUT2D eigenvalue weighted by atomic mass is 79.9. The van der Waals surface area contributed by atoms with Crippen molar-refractivity contribution in [1.82, 2.24) is 9.97 Å². The summed E-state index contributed by atoms with van der Waals surface area (Å²) >= 11 is 8.65. The summed E-state index contributed by atoms with van der Waals surface area (Å²) in [6.07, 6.45) is 0.831. The van der Waals surface area contributed by atoms with Crippen molar-refractivity contribution in [2.75, 3.05) is 0 Å². The number of aryl methyl sites for hydroxylation is 1. The Morgan fingerprint density at radius 2 is 2.06 bits per heavy atom. The maximum atomic E-state index is 4.68. The summed E-state index contributed by atoms with van der Waals surface area (Å²) in [5, 5.41) is 8.53. The predicted molar refractivity (Wildman–Crippen MR) is 82.8 cm³/mol. The second-order valence-corrected chi connectivity index (χ2v) is 7.53. The molecule has 0 saturated heterocycles. The van der Waals surface area contributed by atoms with Crippen molar-refractivity contribution in [3.63, 3.8) is 0 Å². The van der Waals surface area contributed by atoms with Crippen LogP contribution in [0.4, 0.5) is 0 Å². The fourth-order valence-electron chi connectivity index (χ4n) is 1.62. The Labute approximate surface area is 126 Å². The first-order chi connectivity index (χ1) is 8.72. The van der Waals surface area contributed by atoms with Gasteiger partial charge < -0.3 is 0 Å². The number of nitrogens with zero attached hydrogens (tertiary/aromatic N) is 2. The molecule has 0 bridgehead atoms. The van der Waals surface area contributed by atoms with E-state index in [0.29, 0.717) is 0 Å². The summed E-state index contributed by atoms with van der Waals surface area (Å²) in [4.78, 5) is 10.4. The lowest BCUT2D eigenvalue weighted by atomic mass is 10.3. The molecule has 0 fully saturated rings. The molecular formula is C12H9BrN2S3. The molecule has 3 heterocycles. The van der Waals surface area contributed by atoms with Gasteiger partial charge in [-0.2, -0.15) is 0 Å². The van der Waals surface area contributed by atoms with Gasteiger partial charge >= 0.3 is 0 Å². The Hall–Kier alpha value is -0.560. The molecule has 6 heteroatoms. The fraction of sp³-hybridized carbons (Fsp3) is 0.167. The normalized spacial score (nSPS) is 11.0. The minimum Gasteiger partial charge on any atom is -0.246 e. The van der Waals surface area contributed by atoms with E-state index in [0.717, 1.165) is 32.3 Å². The molecule has 0 N–H and O–H groups in total. The lowest BCUT2D eigenvalue weighted by Crippen LogP contribution is -1.87. The molecule has 0 unspecified atom stereocenters. The van der Waals surface area contributed by atoms with E-state index in [1.54, 1.807) is 34.0 Å². The van der Waals surface area contributed by atoms with Crippen LogP contribution in [-0.2, 0) is 6.42 Å². The van der Waals surface area contributed by atoms with Gasteiger partial charge in [0.2, 0.25) is 0 Å². The van der Waals surface area contributed by atoms with Crippen LogP contribution in [0.1, 0.15) is 15.7 Å². The molecule has 0 radical (unpaired) electrons. The van der Waals surface area contributed by atoms with Gasteiger partial charge in [-0.15, -0.1) is 34.0 Å². The van der Waals surface area contributed by atoms with Gasteiger partial charge in [0.1, 0.15) is 0 Å². The number of hydrogen-bond acceptors (Lipinski definition) is 5. The minimum atomic E-state index is 0.831. The van der Waals surface area contributed by atoms with Gasteiger partial charge in [0, 0.05) is 21.7 Å². The third-order valence-electron chi connectivity index (χ3n) is 2.40. The Bertz CT molecular complexity index is 668. The molecular weight excluding hydrogens is 348 g/mol. The first-order valence-corrected chi connectivity index (χ1v) is 8.74. The van der Waals surface area contributed by atoms with Gasteiger partial charge in [-0.05, 0) is 34.3 Å². The Kier molecular flexibility index (Phi) is 3.61. The second kappa shape index (κ2) is 5.21. The van der Waals surface area contributed by atoms with Gasteiger partial charge in [0.25, 0.3) is 0 Å². The molecule has 0 spiro atoms. The quantitative estimate of drug-likeness (QED) is 0.660. The zero-order valence-electron chi connectivity index (χ0n) is 9.51. The average molecular weight is 357 g/mol. The van der Waals surface area contributed by atoms with Crippen LogP contribution in [0, 0.1) is 6.92 Å². The van der Waals surface area contributed by atoms with Gasteiger partial charge in [-0.3, -0.25) is 0 Å². The van der Waals surface area contributed by atoms with Crippen LogP contribution < -0.4 is 0 Å². The first-order valence-electron chi connectivity index (χ1n) is 5.31. The molecule has 3 aromatic rings. The van der Waals surface area contributed by atoms with Crippen LogP contribution in [0.2, 0.25) is 0 Å². The summed E-state index contributed by atoms with van der Waals surface area (Å²) in [6.45, 7) is 2.03. The largest absolute Gasteiger partial charge is 0.246 e. The molecule has 0 atom stereocenters. The van der Waals surface area contributed by atoms with Crippen molar-refractivity contribution < 1.29 is 0 Å². The van der Waals surface area contributed by atoms with Gasteiger partial charge in [-0.25, -0.2) is 9.97 Å². The summed E-state index contributed by atoms with van der Waals surface area (Å²) in [5.74, 6) is 0.